The summed E-state index contributed by atoms with van der Waals surface area (Å²) in [7, 11) is 1.94. The van der Waals surface area contributed by atoms with Crippen LogP contribution < -0.4 is 5.32 Å². The number of furan rings is 1. The van der Waals surface area contributed by atoms with Gasteiger partial charge in [0.1, 0.15) is 5.76 Å². The van der Waals surface area contributed by atoms with Gasteiger partial charge in [0.05, 0.1) is 18.0 Å². The molecule has 0 aliphatic carbocycles. The molecule has 17 heavy (non-hydrogen) atoms. The summed E-state index contributed by atoms with van der Waals surface area (Å²) in [5.74, 6) is 0.976. The van der Waals surface area contributed by atoms with E-state index >= 15 is 0 Å². The van der Waals surface area contributed by atoms with Crippen molar-refractivity contribution in [3.05, 3.63) is 42.1 Å². The molecule has 2 rings (SSSR count). The smallest absolute Gasteiger partial charge is 0.121 e. The predicted octanol–water partition coefficient (Wildman–Crippen LogP) is 2.30. The van der Waals surface area contributed by atoms with Crippen LogP contribution >= 0.6 is 0 Å². The number of aromatic nitrogens is 2. The van der Waals surface area contributed by atoms with Crippen LogP contribution in [0.5, 0.6) is 0 Å². The Bertz CT molecular complexity index is 433. The van der Waals surface area contributed by atoms with Crippen LogP contribution in [0.3, 0.4) is 0 Å². The maximum atomic E-state index is 5.47. The van der Waals surface area contributed by atoms with Gasteiger partial charge in [0.25, 0.3) is 0 Å². The highest BCUT2D eigenvalue weighted by Gasteiger charge is 2.15. The largest absolute Gasteiger partial charge is 0.468 e. The van der Waals surface area contributed by atoms with Gasteiger partial charge in [0, 0.05) is 19.7 Å². The minimum Gasteiger partial charge on any atom is -0.468 e. The van der Waals surface area contributed by atoms with E-state index in [1.807, 2.05) is 36.1 Å². The quantitative estimate of drug-likeness (QED) is 0.832. The predicted molar refractivity (Wildman–Crippen MR) is 66.7 cm³/mol. The molecule has 0 radical (unpaired) electrons. The lowest BCUT2D eigenvalue weighted by Gasteiger charge is -2.14. The van der Waals surface area contributed by atoms with Crippen LogP contribution in [0.2, 0.25) is 0 Å². The average Bonchev–Trinajstić information content (AvgIpc) is 2.95. The molecule has 2 aromatic heterocycles. The van der Waals surface area contributed by atoms with Gasteiger partial charge in [-0.1, -0.05) is 6.92 Å². The Hall–Kier alpha value is -1.55. The van der Waals surface area contributed by atoms with E-state index in [-0.39, 0.29) is 6.04 Å². The normalized spacial score (nSPS) is 12.8. The summed E-state index contributed by atoms with van der Waals surface area (Å²) in [5, 5.41) is 7.89. The van der Waals surface area contributed by atoms with Gasteiger partial charge in [-0.15, -0.1) is 0 Å². The zero-order chi connectivity index (χ0) is 12.1. The number of rotatable bonds is 6. The van der Waals surface area contributed by atoms with E-state index in [9.17, 15) is 0 Å². The minimum absolute atomic E-state index is 0.208. The van der Waals surface area contributed by atoms with Gasteiger partial charge in [0.2, 0.25) is 0 Å². The van der Waals surface area contributed by atoms with Gasteiger partial charge >= 0.3 is 0 Å². The molecule has 0 aliphatic heterocycles. The molecule has 0 saturated heterocycles. The highest BCUT2D eigenvalue weighted by atomic mass is 16.3. The maximum absolute atomic E-state index is 5.47. The molecule has 0 aromatic carbocycles. The molecule has 1 N–H and O–H groups in total. The Balaban J connectivity index is 2.05. The summed E-state index contributed by atoms with van der Waals surface area (Å²) in [6.07, 6.45) is 5.65. The second-order valence-corrected chi connectivity index (χ2v) is 4.21. The van der Waals surface area contributed by atoms with Crippen molar-refractivity contribution >= 4 is 0 Å². The number of nitrogens with zero attached hydrogens (tertiary/aromatic N) is 2. The van der Waals surface area contributed by atoms with Crippen molar-refractivity contribution in [2.45, 2.75) is 25.8 Å². The second-order valence-electron chi connectivity index (χ2n) is 4.21. The van der Waals surface area contributed by atoms with Crippen LogP contribution in [0, 0.1) is 0 Å². The van der Waals surface area contributed by atoms with Crippen molar-refractivity contribution in [1.82, 2.24) is 15.1 Å². The third-order valence-corrected chi connectivity index (χ3v) is 2.71. The van der Waals surface area contributed by atoms with Crippen molar-refractivity contribution in [3.63, 3.8) is 0 Å². The number of hydrogen-bond acceptors (Lipinski definition) is 3. The van der Waals surface area contributed by atoms with Crippen LogP contribution in [0.15, 0.2) is 35.1 Å². The molecule has 4 nitrogen and oxygen atoms in total. The van der Waals surface area contributed by atoms with Crippen molar-refractivity contribution in [2.24, 2.45) is 7.05 Å². The Labute approximate surface area is 102 Å². The fourth-order valence-corrected chi connectivity index (χ4v) is 1.86. The van der Waals surface area contributed by atoms with E-state index in [4.69, 9.17) is 4.42 Å². The van der Waals surface area contributed by atoms with Crippen molar-refractivity contribution in [2.75, 3.05) is 6.54 Å². The number of nitrogens with one attached hydrogen (secondary N) is 1. The van der Waals surface area contributed by atoms with E-state index in [0.29, 0.717) is 0 Å². The first kappa shape index (κ1) is 11.9. The third-order valence-electron chi connectivity index (χ3n) is 2.71. The van der Waals surface area contributed by atoms with Crippen LogP contribution in [-0.4, -0.2) is 16.3 Å². The Kier molecular flexibility index (Phi) is 3.98. The lowest BCUT2D eigenvalue weighted by atomic mass is 10.1. The standard InChI is InChI=1S/C13H19N3O/c1-3-7-14-12(13-5-4-9-17-13)10-11-6-8-16(2)15-11/h4-6,8-9,12,14H,3,7,10H2,1-2H3. The average molecular weight is 233 g/mol. The van der Waals surface area contributed by atoms with Gasteiger partial charge in [-0.2, -0.15) is 5.10 Å². The Morgan fingerprint density at radius 2 is 2.35 bits per heavy atom. The molecular weight excluding hydrogens is 214 g/mol. The highest BCUT2D eigenvalue weighted by molar-refractivity contribution is 5.10. The SMILES string of the molecule is CCCNC(Cc1ccn(C)n1)c1ccco1. The molecule has 0 aliphatic rings. The molecule has 92 valence electrons. The first-order valence-corrected chi connectivity index (χ1v) is 6.05. The van der Waals surface area contributed by atoms with E-state index < -0.39 is 0 Å². The summed E-state index contributed by atoms with van der Waals surface area (Å²) in [6.45, 7) is 3.14. The van der Waals surface area contributed by atoms with E-state index in [2.05, 4.69) is 17.3 Å². The van der Waals surface area contributed by atoms with Gasteiger partial charge in [-0.3, -0.25) is 4.68 Å². The van der Waals surface area contributed by atoms with E-state index in [0.717, 1.165) is 30.8 Å². The van der Waals surface area contributed by atoms with E-state index in [1.54, 1.807) is 6.26 Å². The molecule has 2 aromatic rings. The van der Waals surface area contributed by atoms with Crippen LogP contribution in [0.25, 0.3) is 0 Å². The van der Waals surface area contributed by atoms with E-state index in [1.165, 1.54) is 0 Å². The number of aryl methyl sites for hydroxylation is 1. The first-order chi connectivity index (χ1) is 8.29. The lowest BCUT2D eigenvalue weighted by Crippen LogP contribution is -2.23. The van der Waals surface area contributed by atoms with Crippen molar-refractivity contribution < 1.29 is 4.42 Å². The third kappa shape index (κ3) is 3.20. The maximum Gasteiger partial charge on any atom is 0.121 e. The van der Waals surface area contributed by atoms with Crippen LogP contribution in [-0.2, 0) is 13.5 Å². The Morgan fingerprint density at radius 3 is 2.94 bits per heavy atom. The highest BCUT2D eigenvalue weighted by Crippen LogP contribution is 2.18. The van der Waals surface area contributed by atoms with Gasteiger partial charge in [-0.05, 0) is 31.2 Å². The topological polar surface area (TPSA) is 43.0 Å². The molecule has 0 bridgehead atoms. The first-order valence-electron chi connectivity index (χ1n) is 6.05. The fourth-order valence-electron chi connectivity index (χ4n) is 1.86. The van der Waals surface area contributed by atoms with Crippen molar-refractivity contribution in [1.29, 1.82) is 0 Å². The van der Waals surface area contributed by atoms with Gasteiger partial charge in [0.15, 0.2) is 0 Å². The molecule has 1 atom stereocenters. The molecule has 0 spiro atoms. The minimum atomic E-state index is 0.208. The zero-order valence-corrected chi connectivity index (χ0v) is 10.4. The number of hydrogen-bond donors (Lipinski definition) is 1. The zero-order valence-electron chi connectivity index (χ0n) is 10.4. The monoisotopic (exact) mass is 233 g/mol. The summed E-state index contributed by atoms with van der Waals surface area (Å²) < 4.78 is 7.30. The van der Waals surface area contributed by atoms with Crippen molar-refractivity contribution in [3.8, 4) is 0 Å². The van der Waals surface area contributed by atoms with Gasteiger partial charge < -0.3 is 9.73 Å². The molecule has 0 fully saturated rings. The summed E-state index contributed by atoms with van der Waals surface area (Å²) in [5.41, 5.74) is 1.08. The molecular formula is C13H19N3O. The molecule has 1 unspecified atom stereocenters. The summed E-state index contributed by atoms with van der Waals surface area (Å²) in [4.78, 5) is 0. The van der Waals surface area contributed by atoms with Gasteiger partial charge in [-0.25, -0.2) is 0 Å². The molecule has 0 amide bonds. The van der Waals surface area contributed by atoms with Crippen LogP contribution in [0.1, 0.15) is 30.8 Å². The second kappa shape index (κ2) is 5.68. The summed E-state index contributed by atoms with van der Waals surface area (Å²) >= 11 is 0. The fraction of sp³-hybridized carbons (Fsp3) is 0.462. The lowest BCUT2D eigenvalue weighted by molar-refractivity contribution is 0.407. The molecule has 2 heterocycles. The molecule has 4 heteroatoms. The van der Waals surface area contributed by atoms with Crippen LogP contribution in [0.4, 0.5) is 0 Å². The molecule has 0 saturated carbocycles. The summed E-state index contributed by atoms with van der Waals surface area (Å²) in [6, 6.07) is 6.19. The Morgan fingerprint density at radius 1 is 1.47 bits per heavy atom.